The molecule has 0 spiro atoms. The second kappa shape index (κ2) is 5.73. The molecule has 3 nitrogen and oxygen atoms in total. The summed E-state index contributed by atoms with van der Waals surface area (Å²) in [6.45, 7) is 6.56. The zero-order valence-corrected chi connectivity index (χ0v) is 16.0. The van der Waals surface area contributed by atoms with E-state index < -0.39 is 0 Å². The molecule has 0 bridgehead atoms. The Morgan fingerprint density at radius 2 is 1.68 bits per heavy atom. The van der Waals surface area contributed by atoms with Gasteiger partial charge < -0.3 is 14.2 Å². The molecule has 2 aromatic rings. The summed E-state index contributed by atoms with van der Waals surface area (Å²) in [5, 5.41) is 0. The Kier molecular flexibility index (Phi) is 3.76. The normalized spacial score (nSPS) is 20.1. The number of ether oxygens (including phenoxy) is 3. The molecule has 0 aromatic heterocycles. The van der Waals surface area contributed by atoms with Crippen molar-refractivity contribution >= 4 is 16.7 Å². The molecule has 0 amide bonds. The summed E-state index contributed by atoms with van der Waals surface area (Å²) in [5.41, 5.74) is 3.45. The largest absolute Gasteiger partial charge is 0.497 e. The van der Waals surface area contributed by atoms with Crippen molar-refractivity contribution in [3.05, 3.63) is 53.1 Å². The third kappa shape index (κ3) is 2.51. The van der Waals surface area contributed by atoms with Crippen molar-refractivity contribution in [1.29, 1.82) is 0 Å². The molecule has 1 unspecified atom stereocenters. The lowest BCUT2D eigenvalue weighted by Crippen LogP contribution is -2.37. The number of thioether (sulfide) groups is 1. The van der Waals surface area contributed by atoms with Gasteiger partial charge in [0, 0.05) is 27.3 Å². The fourth-order valence-electron chi connectivity index (χ4n) is 3.83. The summed E-state index contributed by atoms with van der Waals surface area (Å²) < 4.78 is 17.2. The smallest absolute Gasteiger partial charge is 0.132 e. The average molecular weight is 354 g/mol. The standard InChI is InChI=1S/C21H22O3S/c1-12-15-8-6-14(23-5)11-18(15)25-20-16-9-7-13(22-4)10-17(16)24-21(2,3)19(12)20/h6-12H,1-5H3. The number of methoxy groups -OCH3 is 2. The van der Waals surface area contributed by atoms with Crippen LogP contribution in [0.25, 0.3) is 4.91 Å². The van der Waals surface area contributed by atoms with Gasteiger partial charge in [-0.2, -0.15) is 0 Å². The quantitative estimate of drug-likeness (QED) is 0.712. The van der Waals surface area contributed by atoms with Crippen LogP contribution in [0.3, 0.4) is 0 Å². The Balaban J connectivity index is 1.90. The SMILES string of the molecule is COc1ccc2c(c1)OC(C)(C)C1=C2Sc2cc(OC)ccc2C1C. The van der Waals surface area contributed by atoms with E-state index in [1.807, 2.05) is 30.0 Å². The Morgan fingerprint density at radius 1 is 1.00 bits per heavy atom. The molecule has 2 aromatic carbocycles. The van der Waals surface area contributed by atoms with E-state index >= 15 is 0 Å². The minimum Gasteiger partial charge on any atom is -0.497 e. The van der Waals surface area contributed by atoms with Crippen molar-refractivity contribution in [1.82, 2.24) is 0 Å². The third-order valence-corrected chi connectivity index (χ3v) is 6.24. The molecule has 2 heterocycles. The summed E-state index contributed by atoms with van der Waals surface area (Å²) in [5.74, 6) is 2.88. The number of rotatable bonds is 2. The molecular weight excluding hydrogens is 332 g/mol. The van der Waals surface area contributed by atoms with E-state index in [-0.39, 0.29) is 5.60 Å². The fraction of sp³-hybridized carbons (Fsp3) is 0.333. The van der Waals surface area contributed by atoms with Crippen molar-refractivity contribution in [2.45, 2.75) is 37.2 Å². The molecule has 25 heavy (non-hydrogen) atoms. The Labute approximate surface area is 153 Å². The zero-order chi connectivity index (χ0) is 17.8. The van der Waals surface area contributed by atoms with E-state index in [1.165, 1.54) is 20.9 Å². The fourth-order valence-corrected chi connectivity index (χ4v) is 5.40. The van der Waals surface area contributed by atoms with E-state index in [1.54, 1.807) is 14.2 Å². The third-order valence-electron chi connectivity index (χ3n) is 5.02. The van der Waals surface area contributed by atoms with Crippen molar-refractivity contribution in [2.75, 3.05) is 14.2 Å². The minimum absolute atomic E-state index is 0.294. The molecule has 1 atom stereocenters. The molecule has 0 radical (unpaired) electrons. The summed E-state index contributed by atoms with van der Waals surface area (Å²) >= 11 is 1.81. The Hall–Kier alpha value is -2.07. The monoisotopic (exact) mass is 354 g/mol. The average Bonchev–Trinajstić information content (AvgIpc) is 2.59. The predicted octanol–water partition coefficient (Wildman–Crippen LogP) is 5.50. The molecule has 4 heteroatoms. The van der Waals surface area contributed by atoms with Gasteiger partial charge in [-0.1, -0.05) is 24.8 Å². The second-order valence-electron chi connectivity index (χ2n) is 6.94. The van der Waals surface area contributed by atoms with Crippen LogP contribution >= 0.6 is 11.8 Å². The van der Waals surface area contributed by atoms with E-state index in [0.29, 0.717) is 5.92 Å². The van der Waals surface area contributed by atoms with E-state index in [4.69, 9.17) is 14.2 Å². The van der Waals surface area contributed by atoms with Gasteiger partial charge in [0.1, 0.15) is 22.8 Å². The Bertz CT molecular complexity index is 883. The van der Waals surface area contributed by atoms with Gasteiger partial charge in [0.2, 0.25) is 0 Å². The Morgan fingerprint density at radius 3 is 2.40 bits per heavy atom. The first-order chi connectivity index (χ1) is 11.9. The van der Waals surface area contributed by atoms with Crippen LogP contribution in [-0.4, -0.2) is 19.8 Å². The highest BCUT2D eigenvalue weighted by molar-refractivity contribution is 8.08. The van der Waals surface area contributed by atoms with Crippen molar-refractivity contribution in [3.63, 3.8) is 0 Å². The number of fused-ring (bicyclic) bond motifs is 3. The zero-order valence-electron chi connectivity index (χ0n) is 15.2. The highest BCUT2D eigenvalue weighted by Gasteiger charge is 2.41. The van der Waals surface area contributed by atoms with Gasteiger partial charge in [0.15, 0.2) is 0 Å². The van der Waals surface area contributed by atoms with Crippen LogP contribution in [0.4, 0.5) is 0 Å². The second-order valence-corrected chi connectivity index (χ2v) is 8.00. The summed E-state index contributed by atoms with van der Waals surface area (Å²) in [6, 6.07) is 12.4. The molecule has 0 N–H and O–H groups in total. The van der Waals surface area contributed by atoms with Crippen LogP contribution in [0.2, 0.25) is 0 Å². The lowest BCUT2D eigenvalue weighted by Gasteiger charge is -2.42. The van der Waals surface area contributed by atoms with Crippen LogP contribution < -0.4 is 14.2 Å². The molecule has 0 saturated heterocycles. The first kappa shape index (κ1) is 16.4. The van der Waals surface area contributed by atoms with Gasteiger partial charge in [-0.15, -0.1) is 0 Å². The molecule has 0 fully saturated rings. The maximum absolute atomic E-state index is 6.39. The van der Waals surface area contributed by atoms with Crippen LogP contribution in [0, 0.1) is 0 Å². The van der Waals surface area contributed by atoms with Gasteiger partial charge in [-0.05, 0) is 49.2 Å². The van der Waals surface area contributed by atoms with Gasteiger partial charge in [-0.3, -0.25) is 0 Å². The minimum atomic E-state index is -0.362. The molecule has 2 aliphatic rings. The first-order valence-electron chi connectivity index (χ1n) is 8.42. The predicted molar refractivity (Wildman–Crippen MR) is 102 cm³/mol. The summed E-state index contributed by atoms with van der Waals surface area (Å²) in [7, 11) is 3.39. The van der Waals surface area contributed by atoms with Crippen LogP contribution in [0.15, 0.2) is 46.9 Å². The van der Waals surface area contributed by atoms with E-state index in [2.05, 4.69) is 39.0 Å². The highest BCUT2D eigenvalue weighted by Crippen LogP contribution is 2.57. The summed E-state index contributed by atoms with van der Waals surface area (Å²) in [6.07, 6.45) is 0. The van der Waals surface area contributed by atoms with Gasteiger partial charge in [0.25, 0.3) is 0 Å². The topological polar surface area (TPSA) is 27.7 Å². The number of hydrogen-bond acceptors (Lipinski definition) is 4. The van der Waals surface area contributed by atoms with Crippen LogP contribution in [0.5, 0.6) is 17.2 Å². The van der Waals surface area contributed by atoms with Gasteiger partial charge in [-0.25, -0.2) is 0 Å². The summed E-state index contributed by atoms with van der Waals surface area (Å²) in [4.78, 5) is 2.55. The number of hydrogen-bond donors (Lipinski definition) is 0. The molecular formula is C21H22O3S. The van der Waals surface area contributed by atoms with Crippen LogP contribution in [-0.2, 0) is 0 Å². The molecule has 130 valence electrons. The van der Waals surface area contributed by atoms with Crippen LogP contribution in [0.1, 0.15) is 37.8 Å². The molecule has 0 saturated carbocycles. The van der Waals surface area contributed by atoms with Gasteiger partial charge in [0.05, 0.1) is 14.2 Å². The van der Waals surface area contributed by atoms with Crippen molar-refractivity contribution < 1.29 is 14.2 Å². The maximum Gasteiger partial charge on any atom is 0.132 e. The first-order valence-corrected chi connectivity index (χ1v) is 9.24. The van der Waals surface area contributed by atoms with E-state index in [9.17, 15) is 0 Å². The van der Waals surface area contributed by atoms with Crippen molar-refractivity contribution in [3.8, 4) is 17.2 Å². The highest BCUT2D eigenvalue weighted by atomic mass is 32.2. The molecule has 0 aliphatic carbocycles. The molecule has 2 aliphatic heterocycles. The molecule has 4 rings (SSSR count). The van der Waals surface area contributed by atoms with E-state index in [0.717, 1.165) is 22.8 Å². The van der Waals surface area contributed by atoms with Crippen molar-refractivity contribution in [2.24, 2.45) is 0 Å². The lowest BCUT2D eigenvalue weighted by molar-refractivity contribution is 0.138. The lowest BCUT2D eigenvalue weighted by atomic mass is 9.80. The van der Waals surface area contributed by atoms with Gasteiger partial charge >= 0.3 is 0 Å². The number of benzene rings is 2. The maximum atomic E-state index is 6.39.